The highest BCUT2D eigenvalue weighted by atomic mass is 16.6. The molecule has 3 fully saturated rings. The third kappa shape index (κ3) is 6.70. The largest absolute Gasteiger partial charge is 0.456 e. The van der Waals surface area contributed by atoms with Gasteiger partial charge in [0.1, 0.15) is 30.0 Å². The first kappa shape index (κ1) is 41.9. The number of amides is 1. The van der Waals surface area contributed by atoms with E-state index in [0.717, 1.165) is 6.92 Å². The maximum atomic E-state index is 14.9. The number of esters is 3. The van der Waals surface area contributed by atoms with Crippen molar-refractivity contribution < 1.29 is 63.3 Å². The Bertz CT molecular complexity index is 1990. The van der Waals surface area contributed by atoms with Crippen LogP contribution in [0.4, 0.5) is 0 Å². The summed E-state index contributed by atoms with van der Waals surface area (Å²) < 4.78 is 24.1. The van der Waals surface area contributed by atoms with Crippen LogP contribution < -0.4 is 5.32 Å². The van der Waals surface area contributed by atoms with Crippen LogP contribution in [0.5, 0.6) is 0 Å². The lowest BCUT2D eigenvalue weighted by Gasteiger charge is -2.67. The van der Waals surface area contributed by atoms with Crippen LogP contribution >= 0.6 is 0 Å². The number of carbonyl (C=O) groups excluding carboxylic acids is 5. The lowest BCUT2D eigenvalue weighted by molar-refractivity contribution is -0.346. The van der Waals surface area contributed by atoms with Gasteiger partial charge in [0.15, 0.2) is 17.5 Å². The monoisotopic (exact) mass is 789 g/mol. The highest BCUT2D eigenvalue weighted by molar-refractivity contribution is 5.95. The van der Waals surface area contributed by atoms with E-state index in [4.69, 9.17) is 18.9 Å². The molecule has 0 aromatic heterocycles. The number of rotatable bonds is 9. The van der Waals surface area contributed by atoms with Gasteiger partial charge in [0.25, 0.3) is 0 Å². The van der Waals surface area contributed by atoms with Crippen LogP contribution in [0.15, 0.2) is 83.5 Å². The van der Waals surface area contributed by atoms with Crippen molar-refractivity contribution in [2.45, 2.75) is 115 Å². The van der Waals surface area contributed by atoms with Crippen LogP contribution in [0.3, 0.4) is 0 Å². The van der Waals surface area contributed by atoms with Crippen molar-refractivity contribution in [3.05, 3.63) is 94.6 Å². The first-order valence-electron chi connectivity index (χ1n) is 19.0. The molecule has 1 heterocycles. The zero-order chi connectivity index (χ0) is 41.8. The standard InChI is InChI=1S/C43H51NO13/c1-8-22(2)37(50)44-31(25-15-11-9-12-16-25)33(48)39(52)55-27-20-43(53)36(56-38(51)26-17-13-10-14-18-26)34-41(7,35(49)32(47)30(23(27)3)40(43,5)6)28(46)19-29-42(34,21-54-29)57-24(4)45/h8-18,27-29,31-34,36,46-48,53H,19-21H2,1-7H3,(H,44,50)/b22-8+/t27-,28-,29+,31+,32+,33-,34-,36-,41+,42-,43+/m0/s1. The molecule has 4 aliphatic rings. The molecule has 0 radical (unpaired) electrons. The smallest absolute Gasteiger partial charge is 0.338 e. The summed E-state index contributed by atoms with van der Waals surface area (Å²) in [6.45, 7) is 10.1. The van der Waals surface area contributed by atoms with Gasteiger partial charge in [-0.15, -0.1) is 0 Å². The number of fused-ring (bicyclic) bond motifs is 5. The fraction of sp³-hybridized carbons (Fsp3) is 0.512. The summed E-state index contributed by atoms with van der Waals surface area (Å²) in [5, 5.41) is 51.7. The van der Waals surface area contributed by atoms with Gasteiger partial charge < -0.3 is 44.7 Å². The first-order valence-corrected chi connectivity index (χ1v) is 19.0. The molecular formula is C43H51NO13. The number of benzene rings is 2. The normalized spacial score (nSPS) is 34.2. The van der Waals surface area contributed by atoms with Crippen molar-refractivity contribution in [1.29, 1.82) is 0 Å². The molecule has 11 atom stereocenters. The molecule has 2 aromatic carbocycles. The number of Topliss-reactive ketones (excluding diaryl/α,β-unsaturated/α-hetero) is 1. The van der Waals surface area contributed by atoms with Crippen molar-refractivity contribution in [2.24, 2.45) is 16.7 Å². The number of carbonyl (C=O) groups is 5. The summed E-state index contributed by atoms with van der Waals surface area (Å²) in [5.74, 6) is -5.84. The second-order valence-corrected chi connectivity index (χ2v) is 16.4. The number of hydrogen-bond acceptors (Lipinski definition) is 13. The van der Waals surface area contributed by atoms with E-state index in [1.165, 1.54) is 26.0 Å². The van der Waals surface area contributed by atoms with Crippen LogP contribution in [0, 0.1) is 16.7 Å². The van der Waals surface area contributed by atoms with Gasteiger partial charge in [0.2, 0.25) is 5.91 Å². The van der Waals surface area contributed by atoms with E-state index in [1.807, 2.05) is 0 Å². The molecule has 14 heteroatoms. The van der Waals surface area contributed by atoms with Gasteiger partial charge in [0, 0.05) is 30.8 Å². The number of ketones is 1. The van der Waals surface area contributed by atoms with E-state index in [9.17, 15) is 44.4 Å². The minimum Gasteiger partial charge on any atom is -0.456 e. The van der Waals surface area contributed by atoms with Crippen LogP contribution in [0.1, 0.15) is 83.3 Å². The number of aliphatic hydroxyl groups is 4. The van der Waals surface area contributed by atoms with Gasteiger partial charge in [-0.25, -0.2) is 9.59 Å². The second-order valence-electron chi connectivity index (χ2n) is 16.4. The van der Waals surface area contributed by atoms with E-state index in [-0.39, 0.29) is 29.7 Å². The van der Waals surface area contributed by atoms with Crippen LogP contribution in [0.2, 0.25) is 0 Å². The topological polar surface area (TPSA) is 215 Å². The van der Waals surface area contributed by atoms with Crippen molar-refractivity contribution in [3.63, 3.8) is 0 Å². The van der Waals surface area contributed by atoms with Crippen LogP contribution in [-0.2, 0) is 38.1 Å². The Kier molecular flexibility index (Phi) is 11.2. The number of nitrogens with one attached hydrogen (secondary N) is 1. The van der Waals surface area contributed by atoms with Gasteiger partial charge >= 0.3 is 17.9 Å². The number of ether oxygens (including phenoxy) is 4. The molecular weight excluding hydrogens is 738 g/mol. The fourth-order valence-electron chi connectivity index (χ4n) is 9.51. The van der Waals surface area contributed by atoms with Crippen molar-refractivity contribution >= 4 is 29.6 Å². The molecule has 0 spiro atoms. The third-order valence-electron chi connectivity index (χ3n) is 13.0. The Morgan fingerprint density at radius 1 is 0.965 bits per heavy atom. The SMILES string of the molecule is C/C=C(\C)C(=O)N[C@H](c1ccccc1)[C@H](O)C(=O)O[C@H]1C[C@@]2(O)[C@@H](OC(=O)c3ccccc3)[C@@H]3[C@]4(OC(C)=O)CO[C@@H]4C[C@H](O)[C@@]3(C)C(=O)[C@H](O)C(=C1C)C2(C)C. The summed E-state index contributed by atoms with van der Waals surface area (Å²) in [5.41, 5.74) is -6.75. The molecule has 1 saturated heterocycles. The predicted molar refractivity (Wildman–Crippen MR) is 202 cm³/mol. The molecule has 5 N–H and O–H groups in total. The summed E-state index contributed by atoms with van der Waals surface area (Å²) in [4.78, 5) is 68.9. The van der Waals surface area contributed by atoms with Crippen LogP contribution in [0.25, 0.3) is 0 Å². The minimum absolute atomic E-state index is 0.0497. The molecule has 6 rings (SSSR count). The maximum Gasteiger partial charge on any atom is 0.338 e. The maximum absolute atomic E-state index is 14.9. The van der Waals surface area contributed by atoms with E-state index in [2.05, 4.69) is 5.32 Å². The van der Waals surface area contributed by atoms with E-state index < -0.39 is 107 Å². The van der Waals surface area contributed by atoms with E-state index in [0.29, 0.717) is 11.1 Å². The fourth-order valence-corrected chi connectivity index (χ4v) is 9.51. The van der Waals surface area contributed by atoms with Crippen molar-refractivity contribution in [3.8, 4) is 0 Å². The lowest BCUT2D eigenvalue weighted by Crippen LogP contribution is -2.81. The number of allylic oxidation sites excluding steroid dienone is 1. The van der Waals surface area contributed by atoms with Crippen LogP contribution in [-0.4, -0.2) is 104 Å². The highest BCUT2D eigenvalue weighted by Gasteiger charge is 2.78. The Balaban J connectivity index is 1.50. The molecule has 2 bridgehead atoms. The Morgan fingerprint density at radius 2 is 1.58 bits per heavy atom. The zero-order valence-corrected chi connectivity index (χ0v) is 33.1. The van der Waals surface area contributed by atoms with Gasteiger partial charge in [0.05, 0.1) is 35.6 Å². The molecule has 2 saturated carbocycles. The quantitative estimate of drug-likeness (QED) is 0.107. The second kappa shape index (κ2) is 15.2. The van der Waals surface area contributed by atoms with Gasteiger partial charge in [-0.05, 0) is 56.5 Å². The Hall–Kier alpha value is -4.73. The summed E-state index contributed by atoms with van der Waals surface area (Å²) in [6, 6.07) is 14.9. The summed E-state index contributed by atoms with van der Waals surface area (Å²) >= 11 is 0. The molecule has 3 aliphatic carbocycles. The average molecular weight is 790 g/mol. The van der Waals surface area contributed by atoms with Gasteiger partial charge in [-0.3, -0.25) is 14.4 Å². The number of hydrogen-bond donors (Lipinski definition) is 5. The van der Waals surface area contributed by atoms with E-state index in [1.54, 1.807) is 82.3 Å². The van der Waals surface area contributed by atoms with Crippen molar-refractivity contribution in [1.82, 2.24) is 5.32 Å². The third-order valence-corrected chi connectivity index (χ3v) is 13.0. The van der Waals surface area contributed by atoms with Gasteiger partial charge in [-0.1, -0.05) is 68.5 Å². The Labute approximate surface area is 330 Å². The molecule has 1 aliphatic heterocycles. The first-order chi connectivity index (χ1) is 26.8. The van der Waals surface area contributed by atoms with E-state index >= 15 is 0 Å². The molecule has 306 valence electrons. The molecule has 2 aromatic rings. The summed E-state index contributed by atoms with van der Waals surface area (Å²) in [7, 11) is 0. The highest BCUT2D eigenvalue weighted by Crippen LogP contribution is 2.64. The Morgan fingerprint density at radius 3 is 2.14 bits per heavy atom. The minimum atomic E-state index is -2.34. The lowest BCUT2D eigenvalue weighted by atomic mass is 9.44. The average Bonchev–Trinajstić information content (AvgIpc) is 3.18. The molecule has 0 unspecified atom stereocenters. The summed E-state index contributed by atoms with van der Waals surface area (Å²) in [6.07, 6.45) is -8.83. The number of aliphatic hydroxyl groups excluding tert-OH is 3. The predicted octanol–water partition coefficient (Wildman–Crippen LogP) is 2.82. The van der Waals surface area contributed by atoms with Gasteiger partial charge in [-0.2, -0.15) is 0 Å². The zero-order valence-electron chi connectivity index (χ0n) is 33.1. The molecule has 57 heavy (non-hydrogen) atoms. The van der Waals surface area contributed by atoms with Crippen molar-refractivity contribution in [2.75, 3.05) is 6.61 Å². The molecule has 14 nitrogen and oxygen atoms in total. The molecule has 1 amide bonds.